The van der Waals surface area contributed by atoms with Gasteiger partial charge in [0.2, 0.25) is 53.2 Å². The molecule has 0 aliphatic heterocycles. The van der Waals surface area contributed by atoms with Crippen LogP contribution in [-0.2, 0) is 52.7 Å². The third-order valence-electron chi connectivity index (χ3n) is 15.3. The van der Waals surface area contributed by atoms with Crippen molar-refractivity contribution in [1.82, 2.24) is 51.5 Å². The highest BCUT2D eigenvalue weighted by Gasteiger charge is 2.47. The van der Waals surface area contributed by atoms with Crippen molar-refractivity contribution >= 4 is 59.1 Å². The fourth-order valence-corrected chi connectivity index (χ4v) is 10.2. The Labute approximate surface area is 514 Å². The largest absolute Gasteiger partial charge is 0.479 e. The molecule has 14 atom stereocenters. The molecule has 86 heavy (non-hydrogen) atoms. The highest BCUT2D eigenvalue weighted by Crippen LogP contribution is 2.25. The van der Waals surface area contributed by atoms with Gasteiger partial charge in [0.25, 0.3) is 0 Å². The lowest BCUT2D eigenvalue weighted by Crippen LogP contribution is -2.66. The molecule has 1 unspecified atom stereocenters. The summed E-state index contributed by atoms with van der Waals surface area (Å²) in [5.74, 6) is -9.52. The smallest absolute Gasteiger partial charge is 0.331 e. The molecule has 0 aliphatic rings. The van der Waals surface area contributed by atoms with Crippen molar-refractivity contribution in [2.24, 2.45) is 35.5 Å². The van der Waals surface area contributed by atoms with Gasteiger partial charge in [0.1, 0.15) is 54.4 Å². The van der Waals surface area contributed by atoms with E-state index in [0.29, 0.717) is 0 Å². The van der Waals surface area contributed by atoms with E-state index in [-0.39, 0.29) is 55.8 Å². The molecule has 0 rings (SSSR count). The van der Waals surface area contributed by atoms with Crippen LogP contribution < -0.4 is 31.9 Å². The molecule has 24 heteroatoms. The average Bonchev–Trinajstić information content (AvgIpc) is 2.68. The first-order chi connectivity index (χ1) is 39.3. The van der Waals surface area contributed by atoms with E-state index in [0.717, 1.165) is 11.8 Å². The number of carboxylic acids is 1. The van der Waals surface area contributed by atoms with Crippen LogP contribution in [0, 0.1) is 35.5 Å². The zero-order valence-corrected chi connectivity index (χ0v) is 56.7. The maximum Gasteiger partial charge on any atom is 0.331 e. The number of ether oxygens (including phenoxy) is 1. The highest BCUT2D eigenvalue weighted by atomic mass is 16.5. The van der Waals surface area contributed by atoms with E-state index in [1.54, 1.807) is 53.8 Å². The Kier molecular flexibility index (Phi) is 33.5. The first kappa shape index (κ1) is 80.3. The van der Waals surface area contributed by atoms with E-state index in [4.69, 9.17) is 4.74 Å². The number of carbonyl (C=O) groups is 10. The van der Waals surface area contributed by atoms with Gasteiger partial charge in [0.15, 0.2) is 5.54 Å². The van der Waals surface area contributed by atoms with Crippen LogP contribution in [0.15, 0.2) is 12.2 Å². The van der Waals surface area contributed by atoms with Gasteiger partial charge in [-0.3, -0.25) is 43.2 Å². The van der Waals surface area contributed by atoms with E-state index in [1.165, 1.54) is 63.7 Å². The molecule has 0 aliphatic carbocycles. The van der Waals surface area contributed by atoms with Crippen molar-refractivity contribution in [3.05, 3.63) is 12.2 Å². The van der Waals surface area contributed by atoms with Crippen molar-refractivity contribution in [3.63, 3.8) is 0 Å². The summed E-state index contributed by atoms with van der Waals surface area (Å²) in [5, 5.41) is 48.6. The molecule has 0 saturated carbocycles. The molecule has 0 spiro atoms. The van der Waals surface area contributed by atoms with Gasteiger partial charge >= 0.3 is 5.97 Å². The predicted octanol–water partition coefficient (Wildman–Crippen LogP) is 3.21. The number of hydrogen-bond donors (Lipinski definition) is 9. The molecule has 0 fully saturated rings. The van der Waals surface area contributed by atoms with Crippen molar-refractivity contribution in [3.8, 4) is 0 Å². The highest BCUT2D eigenvalue weighted by molar-refractivity contribution is 5.99. The summed E-state index contributed by atoms with van der Waals surface area (Å²) in [5.41, 5.74) is -2.76. The molecule has 0 radical (unpaired) electrons. The van der Waals surface area contributed by atoms with Crippen LogP contribution in [0.2, 0.25) is 0 Å². The number of rotatable bonds is 36. The number of nitrogens with zero attached hydrogens (tertiary/aromatic N) is 4. The molecular formula is C62H114N10O14. The number of likely N-dealkylation sites (N-methyl/N-ethyl adjacent to an activating group) is 5. The quantitative estimate of drug-likeness (QED) is 0.0407. The summed E-state index contributed by atoms with van der Waals surface area (Å²) >= 11 is 0. The summed E-state index contributed by atoms with van der Waals surface area (Å²) in [6.07, 6.45) is 0.775. The number of aliphatic carboxylic acids is 1. The predicted molar refractivity (Wildman–Crippen MR) is 332 cm³/mol. The minimum absolute atomic E-state index is 0.0252. The second-order valence-electron chi connectivity index (χ2n) is 26.7. The monoisotopic (exact) mass is 1220 g/mol. The molecule has 0 aromatic heterocycles. The van der Waals surface area contributed by atoms with Crippen molar-refractivity contribution in [1.29, 1.82) is 0 Å². The lowest BCUT2D eigenvalue weighted by Gasteiger charge is -2.41. The summed E-state index contributed by atoms with van der Waals surface area (Å²) in [7, 11) is 7.14. The third-order valence-corrected chi connectivity index (χ3v) is 15.3. The van der Waals surface area contributed by atoms with Crippen molar-refractivity contribution < 1.29 is 68.0 Å². The first-order valence-electron chi connectivity index (χ1n) is 30.5. The van der Waals surface area contributed by atoms with Gasteiger partial charge in [0, 0.05) is 28.2 Å². The Balaban J connectivity index is 6.84. The Morgan fingerprint density at radius 3 is 1.31 bits per heavy atom. The fourth-order valence-electron chi connectivity index (χ4n) is 10.2. The summed E-state index contributed by atoms with van der Waals surface area (Å²) in [4.78, 5) is 145. The Hall–Kier alpha value is -5.72. The molecule has 0 bridgehead atoms. The number of carbonyl (C=O) groups excluding carboxylic acids is 9. The number of hydrogen-bond acceptors (Lipinski definition) is 14. The second-order valence-corrected chi connectivity index (χ2v) is 26.7. The summed E-state index contributed by atoms with van der Waals surface area (Å²) in [6, 6.07) is -10.7. The topological polar surface area (TPSA) is 326 Å². The van der Waals surface area contributed by atoms with Crippen molar-refractivity contribution in [2.75, 3.05) is 35.2 Å². The van der Waals surface area contributed by atoms with E-state index in [1.807, 2.05) is 76.2 Å². The maximum atomic E-state index is 14.8. The molecule has 0 heterocycles. The number of amides is 9. The summed E-state index contributed by atoms with van der Waals surface area (Å²) in [6.45, 7) is 34.2. The standard InChI is InChI=1S/C62H114N10O14/c1-26-27-28-38(12)50(74)49(55(79)68-62(20,42(16)73)60(84)85)72(25)59(83)48(37(10)11)71(24)58(82)44(30-34(4)5)66-53(77)46(32-36(8)9)69(22)56(80)40(14)65-51(75)39(13)64-52(76)45(31-35(6)7)70(23)57(81)43(29-33(2)3)67-54(78)47(63-21)41(15)86-61(17,18)19/h26-27,33-50,63,73-74H,28-32H2,1-25H3,(H,64,76)(H,65,75)(H,66,77)(H,67,78)(H,68,79)(H,84,85)/t38-,39+,40-,41?,42-,43+,44+,45+,46+,47+,48+,49+,50-,62+/m1/s1. The number of allylic oxidation sites excluding steroid dienone is 2. The van der Waals surface area contributed by atoms with Gasteiger partial charge in [-0.1, -0.05) is 88.3 Å². The first-order valence-corrected chi connectivity index (χ1v) is 30.5. The maximum absolute atomic E-state index is 14.8. The van der Waals surface area contributed by atoms with Gasteiger partial charge in [-0.25, -0.2) is 4.79 Å². The Morgan fingerprint density at radius 1 is 0.512 bits per heavy atom. The zero-order valence-electron chi connectivity index (χ0n) is 56.7. The number of aliphatic hydroxyl groups is 2. The molecular weight excluding hydrogens is 1110 g/mol. The molecule has 24 nitrogen and oxygen atoms in total. The molecule has 0 aromatic carbocycles. The van der Waals surface area contributed by atoms with Crippen LogP contribution in [0.3, 0.4) is 0 Å². The van der Waals surface area contributed by atoms with Gasteiger partial charge in [-0.05, 0) is 137 Å². The normalized spacial score (nSPS) is 17.3. The zero-order chi connectivity index (χ0) is 67.4. The average molecular weight is 1220 g/mol. The Morgan fingerprint density at radius 2 is 0.919 bits per heavy atom. The van der Waals surface area contributed by atoms with Gasteiger partial charge in [-0.2, -0.15) is 0 Å². The van der Waals surface area contributed by atoms with Gasteiger partial charge < -0.3 is 71.6 Å². The van der Waals surface area contributed by atoms with Crippen LogP contribution in [0.4, 0.5) is 0 Å². The second kappa shape index (κ2) is 35.9. The number of aliphatic hydroxyl groups excluding tert-OH is 2. The van der Waals surface area contributed by atoms with Gasteiger partial charge in [-0.15, -0.1) is 0 Å². The van der Waals surface area contributed by atoms with Crippen molar-refractivity contribution in [2.45, 2.75) is 254 Å². The number of nitrogens with one attached hydrogen (secondary N) is 6. The third kappa shape index (κ3) is 24.4. The van der Waals surface area contributed by atoms with Crippen LogP contribution >= 0.6 is 0 Å². The molecule has 496 valence electrons. The van der Waals surface area contributed by atoms with Crippen LogP contribution in [-0.4, -0.2) is 213 Å². The number of carboxylic acid groups (broad SMARTS) is 1. The Bertz CT molecular complexity index is 2290. The molecule has 9 amide bonds. The van der Waals surface area contributed by atoms with Crippen LogP contribution in [0.5, 0.6) is 0 Å². The van der Waals surface area contributed by atoms with E-state index >= 15 is 0 Å². The van der Waals surface area contributed by atoms with E-state index in [2.05, 4.69) is 31.9 Å². The molecule has 0 saturated heterocycles. The summed E-state index contributed by atoms with van der Waals surface area (Å²) < 4.78 is 6.04. The van der Waals surface area contributed by atoms with Crippen LogP contribution in [0.1, 0.15) is 171 Å². The lowest BCUT2D eigenvalue weighted by atomic mass is 9.90. The van der Waals surface area contributed by atoms with Crippen LogP contribution in [0.25, 0.3) is 0 Å². The fraction of sp³-hybridized carbons (Fsp3) is 0.806. The van der Waals surface area contributed by atoms with E-state index < -0.39 is 155 Å². The molecule has 0 aromatic rings. The minimum atomic E-state index is -2.21. The molecule has 9 N–H and O–H groups in total. The van der Waals surface area contributed by atoms with Gasteiger partial charge in [0.05, 0.1) is 23.9 Å². The lowest BCUT2D eigenvalue weighted by molar-refractivity contribution is -0.158. The van der Waals surface area contributed by atoms with E-state index in [9.17, 15) is 63.3 Å². The SMILES string of the molecule is CC=CC[C@@H](C)[C@@H](O)[C@@H](C(=O)N[C@](C)(C(=O)O)[C@@H](C)O)N(C)C(=O)[C@H](C(C)C)N(C)C(=O)[C@H](CC(C)C)NC(=O)[C@H](CC(C)C)N(C)C(=O)[C@@H](C)NC(=O)[C@H](C)NC(=O)[C@H](CC(C)C)N(C)C(=O)[C@H](CC(C)C)NC(=O)[C@@H](NC)C(C)OC(C)(C)C. The minimum Gasteiger partial charge on any atom is -0.479 e.